The van der Waals surface area contributed by atoms with E-state index in [-0.39, 0.29) is 11.8 Å². The molecule has 0 fully saturated rings. The highest BCUT2D eigenvalue weighted by Gasteiger charge is 2.28. The number of carboxylic acid groups (broad SMARTS) is 2. The fourth-order valence-electron chi connectivity index (χ4n) is 2.39. The van der Waals surface area contributed by atoms with Crippen molar-refractivity contribution < 1.29 is 34.2 Å². The number of hydrogen-bond acceptors (Lipinski definition) is 6. The Morgan fingerprint density at radius 1 is 0.931 bits per heavy atom. The van der Waals surface area contributed by atoms with E-state index < -0.39 is 60.8 Å². The molecule has 0 aliphatic carbocycles. The topological polar surface area (TPSA) is 188 Å². The van der Waals surface area contributed by atoms with Gasteiger partial charge in [0.15, 0.2) is 0 Å². The second-order valence-electron chi connectivity index (χ2n) is 7.38. The van der Waals surface area contributed by atoms with Crippen LogP contribution in [0.3, 0.4) is 0 Å². The molecule has 0 spiro atoms. The number of nitrogens with one attached hydrogen (secondary N) is 3. The van der Waals surface area contributed by atoms with Crippen LogP contribution in [0.4, 0.5) is 0 Å². The minimum absolute atomic E-state index is 0.0617. The van der Waals surface area contributed by atoms with Gasteiger partial charge < -0.3 is 31.9 Å². The number of nitrogens with two attached hydrogens (primary N) is 1. The lowest BCUT2D eigenvalue weighted by Gasteiger charge is -2.24. The molecule has 11 heteroatoms. The predicted molar refractivity (Wildman–Crippen MR) is 104 cm³/mol. The van der Waals surface area contributed by atoms with Gasteiger partial charge in [-0.05, 0) is 18.3 Å². The molecule has 166 valence electrons. The van der Waals surface area contributed by atoms with Gasteiger partial charge in [-0.2, -0.15) is 0 Å². The standard InChI is InChI=1S/C18H32N4O7/c1-5-10(4)15(19)17(27)22-11(6-9(2)3)16(26)20-8-13(23)21-12(18(28)29)7-14(24)25/h9-12,15H,5-8,19H2,1-4H3,(H,20,26)(H,21,23)(H,22,27)(H,24,25)(H,28,29). The zero-order valence-electron chi connectivity index (χ0n) is 17.2. The minimum atomic E-state index is -1.61. The molecule has 0 aromatic heterocycles. The quantitative estimate of drug-likeness (QED) is 0.221. The van der Waals surface area contributed by atoms with Crippen LogP contribution >= 0.6 is 0 Å². The summed E-state index contributed by atoms with van der Waals surface area (Å²) in [5, 5.41) is 24.5. The van der Waals surface area contributed by atoms with Crippen LogP contribution < -0.4 is 21.7 Å². The Bertz CT molecular complexity index is 609. The van der Waals surface area contributed by atoms with Crippen molar-refractivity contribution in [3.63, 3.8) is 0 Å². The van der Waals surface area contributed by atoms with Crippen LogP contribution in [0.2, 0.25) is 0 Å². The third-order valence-corrected chi connectivity index (χ3v) is 4.34. The van der Waals surface area contributed by atoms with Gasteiger partial charge in [-0.25, -0.2) is 4.79 Å². The molecule has 29 heavy (non-hydrogen) atoms. The van der Waals surface area contributed by atoms with Gasteiger partial charge in [0, 0.05) is 0 Å². The van der Waals surface area contributed by atoms with Gasteiger partial charge in [0.1, 0.15) is 12.1 Å². The monoisotopic (exact) mass is 416 g/mol. The molecule has 0 aliphatic rings. The molecule has 0 saturated carbocycles. The number of aliphatic carboxylic acids is 2. The van der Waals surface area contributed by atoms with Gasteiger partial charge in [0.2, 0.25) is 17.7 Å². The Hall–Kier alpha value is -2.69. The van der Waals surface area contributed by atoms with E-state index in [1.807, 2.05) is 33.0 Å². The molecule has 0 aliphatic heterocycles. The third kappa shape index (κ3) is 10.4. The second kappa shape index (κ2) is 12.7. The molecule has 7 N–H and O–H groups in total. The van der Waals surface area contributed by atoms with Crippen LogP contribution in [-0.2, 0) is 24.0 Å². The van der Waals surface area contributed by atoms with Crippen molar-refractivity contribution in [2.75, 3.05) is 6.54 Å². The Kier molecular flexibility index (Phi) is 11.5. The molecular formula is C18H32N4O7. The molecule has 4 unspecified atom stereocenters. The Balaban J connectivity index is 4.89. The number of carbonyl (C=O) groups excluding carboxylic acids is 3. The van der Waals surface area contributed by atoms with E-state index in [1.165, 1.54) is 0 Å². The highest BCUT2D eigenvalue weighted by Crippen LogP contribution is 2.09. The van der Waals surface area contributed by atoms with Gasteiger partial charge >= 0.3 is 11.9 Å². The first-order chi connectivity index (χ1) is 13.4. The SMILES string of the molecule is CCC(C)C(N)C(=O)NC(CC(C)C)C(=O)NCC(=O)NC(CC(=O)O)C(=O)O. The van der Waals surface area contributed by atoms with E-state index in [2.05, 4.69) is 10.6 Å². The summed E-state index contributed by atoms with van der Waals surface area (Å²) in [6.07, 6.45) is 0.203. The van der Waals surface area contributed by atoms with E-state index >= 15 is 0 Å². The summed E-state index contributed by atoms with van der Waals surface area (Å²) in [5.74, 6) is -4.87. The number of carboxylic acids is 2. The largest absolute Gasteiger partial charge is 0.481 e. The summed E-state index contributed by atoms with van der Waals surface area (Å²) >= 11 is 0. The molecule has 0 radical (unpaired) electrons. The highest BCUT2D eigenvalue weighted by atomic mass is 16.4. The average molecular weight is 416 g/mol. The number of rotatable bonds is 13. The van der Waals surface area contributed by atoms with Crippen LogP contribution in [-0.4, -0.2) is 64.5 Å². The maximum absolute atomic E-state index is 12.4. The van der Waals surface area contributed by atoms with E-state index in [1.54, 1.807) is 0 Å². The van der Waals surface area contributed by atoms with Crippen molar-refractivity contribution >= 4 is 29.7 Å². The van der Waals surface area contributed by atoms with Crippen molar-refractivity contribution in [1.82, 2.24) is 16.0 Å². The third-order valence-electron chi connectivity index (χ3n) is 4.34. The van der Waals surface area contributed by atoms with Crippen LogP contribution in [0, 0.1) is 11.8 Å². The van der Waals surface area contributed by atoms with E-state index in [4.69, 9.17) is 15.9 Å². The molecule has 0 bridgehead atoms. The van der Waals surface area contributed by atoms with Crippen LogP contribution in [0.15, 0.2) is 0 Å². The number of hydrogen-bond donors (Lipinski definition) is 6. The van der Waals surface area contributed by atoms with Crippen molar-refractivity contribution in [3.05, 3.63) is 0 Å². The summed E-state index contributed by atoms with van der Waals surface area (Å²) in [6, 6.07) is -3.31. The maximum atomic E-state index is 12.4. The van der Waals surface area contributed by atoms with Crippen LogP contribution in [0.5, 0.6) is 0 Å². The lowest BCUT2D eigenvalue weighted by Crippen LogP contribution is -2.55. The molecule has 3 amide bonds. The van der Waals surface area contributed by atoms with E-state index in [9.17, 15) is 24.0 Å². The first-order valence-corrected chi connectivity index (χ1v) is 9.46. The lowest BCUT2D eigenvalue weighted by atomic mass is 9.97. The van der Waals surface area contributed by atoms with Crippen molar-refractivity contribution in [2.24, 2.45) is 17.6 Å². The molecule has 0 rings (SSSR count). The predicted octanol–water partition coefficient (Wildman–Crippen LogP) is -0.949. The number of carbonyl (C=O) groups is 5. The zero-order valence-corrected chi connectivity index (χ0v) is 17.2. The fraction of sp³-hybridized carbons (Fsp3) is 0.722. The van der Waals surface area contributed by atoms with Gasteiger partial charge in [0.25, 0.3) is 0 Å². The fourth-order valence-corrected chi connectivity index (χ4v) is 2.39. The first kappa shape index (κ1) is 26.3. The zero-order chi connectivity index (χ0) is 22.7. The summed E-state index contributed by atoms with van der Waals surface area (Å²) in [7, 11) is 0. The van der Waals surface area contributed by atoms with E-state index in [0.29, 0.717) is 12.8 Å². The molecular weight excluding hydrogens is 384 g/mol. The van der Waals surface area contributed by atoms with Crippen molar-refractivity contribution in [2.45, 2.75) is 65.1 Å². The molecule has 11 nitrogen and oxygen atoms in total. The van der Waals surface area contributed by atoms with Crippen molar-refractivity contribution in [3.8, 4) is 0 Å². The smallest absolute Gasteiger partial charge is 0.326 e. The van der Waals surface area contributed by atoms with Crippen LogP contribution in [0.1, 0.15) is 47.0 Å². The lowest BCUT2D eigenvalue weighted by molar-refractivity contribution is -0.147. The Morgan fingerprint density at radius 3 is 1.97 bits per heavy atom. The molecule has 0 aromatic carbocycles. The Labute approximate surface area is 169 Å². The Morgan fingerprint density at radius 2 is 1.52 bits per heavy atom. The summed E-state index contributed by atoms with van der Waals surface area (Å²) in [4.78, 5) is 58.2. The summed E-state index contributed by atoms with van der Waals surface area (Å²) < 4.78 is 0. The second-order valence-corrected chi connectivity index (χ2v) is 7.38. The van der Waals surface area contributed by atoms with Gasteiger partial charge in [0.05, 0.1) is 19.0 Å². The molecule has 4 atom stereocenters. The molecule has 0 heterocycles. The normalized spacial score (nSPS) is 15.0. The highest BCUT2D eigenvalue weighted by molar-refractivity contribution is 5.93. The minimum Gasteiger partial charge on any atom is -0.481 e. The van der Waals surface area contributed by atoms with Gasteiger partial charge in [-0.3, -0.25) is 19.2 Å². The molecule has 0 aromatic rings. The van der Waals surface area contributed by atoms with Gasteiger partial charge in [-0.1, -0.05) is 34.1 Å². The average Bonchev–Trinajstić information content (AvgIpc) is 2.62. The molecule has 0 saturated heterocycles. The summed E-state index contributed by atoms with van der Waals surface area (Å²) in [5.41, 5.74) is 5.88. The summed E-state index contributed by atoms with van der Waals surface area (Å²) in [6.45, 7) is 6.86. The van der Waals surface area contributed by atoms with E-state index in [0.717, 1.165) is 0 Å². The van der Waals surface area contributed by atoms with Crippen molar-refractivity contribution in [1.29, 1.82) is 0 Å². The number of amides is 3. The van der Waals surface area contributed by atoms with Crippen LogP contribution in [0.25, 0.3) is 0 Å². The maximum Gasteiger partial charge on any atom is 0.326 e. The van der Waals surface area contributed by atoms with Gasteiger partial charge in [-0.15, -0.1) is 0 Å². The first-order valence-electron chi connectivity index (χ1n) is 9.46.